The minimum Gasteiger partial charge on any atom is -0.369 e. The van der Waals surface area contributed by atoms with Crippen molar-refractivity contribution in [3.8, 4) is 0 Å². The van der Waals surface area contributed by atoms with E-state index in [0.29, 0.717) is 32.5 Å². The number of rotatable bonds is 6. The van der Waals surface area contributed by atoms with Crippen LogP contribution in [0.5, 0.6) is 0 Å². The molecule has 0 bridgehead atoms. The van der Waals surface area contributed by atoms with Crippen molar-refractivity contribution >= 4 is 17.6 Å². The molecule has 32 heavy (non-hydrogen) atoms. The van der Waals surface area contributed by atoms with Crippen molar-refractivity contribution in [3.63, 3.8) is 0 Å². The number of aromatic nitrogens is 2. The molecule has 7 heteroatoms. The maximum Gasteiger partial charge on any atom is 0.254 e. The number of ether oxygens (including phenoxy) is 1. The van der Waals surface area contributed by atoms with E-state index < -0.39 is 5.60 Å². The van der Waals surface area contributed by atoms with Crippen LogP contribution in [0, 0.1) is 6.92 Å². The first-order valence-corrected chi connectivity index (χ1v) is 11.4. The zero-order chi connectivity index (χ0) is 22.9. The summed E-state index contributed by atoms with van der Waals surface area (Å²) in [6, 6.07) is 10.2. The fraction of sp³-hybridized carbons (Fsp3) is 0.520. The molecule has 170 valence electrons. The number of benzene rings is 1. The smallest absolute Gasteiger partial charge is 0.254 e. The molecule has 0 aliphatic carbocycles. The summed E-state index contributed by atoms with van der Waals surface area (Å²) in [4.78, 5) is 39.0. The quantitative estimate of drug-likeness (QED) is 0.696. The van der Waals surface area contributed by atoms with Crippen molar-refractivity contribution in [2.75, 3.05) is 31.6 Å². The van der Waals surface area contributed by atoms with E-state index in [-0.39, 0.29) is 17.7 Å². The number of aryl methyl sites for hydroxylation is 1. The molecule has 0 radical (unpaired) electrons. The summed E-state index contributed by atoms with van der Waals surface area (Å²) >= 11 is 0. The van der Waals surface area contributed by atoms with Crippen LogP contribution in [0.15, 0.2) is 30.3 Å². The molecule has 0 saturated carbocycles. The predicted octanol–water partition coefficient (Wildman–Crippen LogP) is 3.05. The van der Waals surface area contributed by atoms with Gasteiger partial charge in [0.05, 0.1) is 0 Å². The lowest BCUT2D eigenvalue weighted by Crippen LogP contribution is -2.45. The molecule has 2 amide bonds. The summed E-state index contributed by atoms with van der Waals surface area (Å²) in [5.41, 5.74) is 2.35. The summed E-state index contributed by atoms with van der Waals surface area (Å²) in [5.74, 6) is 1.64. The topological polar surface area (TPSA) is 75.6 Å². The first-order valence-electron chi connectivity index (χ1n) is 11.4. The molecular weight excluding hydrogens is 404 g/mol. The van der Waals surface area contributed by atoms with E-state index in [9.17, 15) is 9.59 Å². The summed E-state index contributed by atoms with van der Waals surface area (Å²) in [6.07, 6.45) is 2.76. The Kier molecular flexibility index (Phi) is 6.29. The van der Waals surface area contributed by atoms with E-state index in [1.807, 2.05) is 34.9 Å². The second-order valence-corrected chi connectivity index (χ2v) is 9.20. The number of likely N-dealkylation sites (tertiary alicyclic amines) is 1. The SMILES string of the molecule is COC(C)(C)C(=O)N1CC[C@H](c2nc(C)c3c(n2)N(CCc2ccccc2)C(=O)CC3)C1. The third-order valence-corrected chi connectivity index (χ3v) is 6.69. The predicted molar refractivity (Wildman–Crippen MR) is 123 cm³/mol. The summed E-state index contributed by atoms with van der Waals surface area (Å²) in [7, 11) is 1.56. The molecule has 2 aromatic rings. The van der Waals surface area contributed by atoms with Crippen LogP contribution < -0.4 is 4.90 Å². The van der Waals surface area contributed by atoms with Crippen molar-refractivity contribution < 1.29 is 14.3 Å². The number of hydrogen-bond acceptors (Lipinski definition) is 5. The van der Waals surface area contributed by atoms with Crippen molar-refractivity contribution in [1.82, 2.24) is 14.9 Å². The highest BCUT2D eigenvalue weighted by Crippen LogP contribution is 2.33. The lowest BCUT2D eigenvalue weighted by Gasteiger charge is -2.30. The maximum absolute atomic E-state index is 12.8. The van der Waals surface area contributed by atoms with Crippen molar-refractivity contribution in [1.29, 1.82) is 0 Å². The summed E-state index contributed by atoms with van der Waals surface area (Å²) in [6.45, 7) is 7.41. The zero-order valence-electron chi connectivity index (χ0n) is 19.4. The third kappa shape index (κ3) is 4.39. The number of methoxy groups -OCH3 is 1. The molecule has 1 atom stereocenters. The van der Waals surface area contributed by atoms with Gasteiger partial charge in [-0.2, -0.15) is 0 Å². The van der Waals surface area contributed by atoms with E-state index in [2.05, 4.69) is 12.1 Å². The van der Waals surface area contributed by atoms with Gasteiger partial charge in [-0.05, 0) is 45.6 Å². The molecule has 0 spiro atoms. The second-order valence-electron chi connectivity index (χ2n) is 9.20. The first kappa shape index (κ1) is 22.4. The third-order valence-electron chi connectivity index (χ3n) is 6.69. The van der Waals surface area contributed by atoms with E-state index in [1.54, 1.807) is 21.0 Å². The van der Waals surface area contributed by atoms with Gasteiger partial charge in [0.1, 0.15) is 17.2 Å². The van der Waals surface area contributed by atoms with Crippen LogP contribution in [-0.4, -0.2) is 59.0 Å². The molecule has 2 aliphatic rings. The standard InChI is InChI=1S/C25H32N4O3/c1-17-20-10-11-21(30)29(15-12-18-8-6-5-7-9-18)23(20)27-22(26-17)19-13-14-28(16-19)24(31)25(2,3)32-4/h5-9,19H,10-16H2,1-4H3/t19-/m0/s1. The normalized spacial score (nSPS) is 18.8. The molecule has 2 aliphatic heterocycles. The van der Waals surface area contributed by atoms with Crippen LogP contribution in [0.3, 0.4) is 0 Å². The Morgan fingerprint density at radius 1 is 1.19 bits per heavy atom. The minimum absolute atomic E-state index is 0.0168. The Bertz CT molecular complexity index is 1010. The molecule has 1 aromatic heterocycles. The van der Waals surface area contributed by atoms with Crippen LogP contribution in [0.2, 0.25) is 0 Å². The number of hydrogen-bond donors (Lipinski definition) is 0. The maximum atomic E-state index is 12.8. The first-order chi connectivity index (χ1) is 15.3. The molecule has 1 fully saturated rings. The Balaban J connectivity index is 1.56. The highest BCUT2D eigenvalue weighted by molar-refractivity contribution is 5.95. The molecule has 0 unspecified atom stereocenters. The average Bonchev–Trinajstić information content (AvgIpc) is 3.28. The van der Waals surface area contributed by atoms with Crippen molar-refractivity contribution in [2.24, 2.45) is 0 Å². The van der Waals surface area contributed by atoms with Gasteiger partial charge in [0.25, 0.3) is 5.91 Å². The van der Waals surface area contributed by atoms with E-state index >= 15 is 0 Å². The molecule has 0 N–H and O–H groups in total. The van der Waals surface area contributed by atoms with Gasteiger partial charge in [0.15, 0.2) is 0 Å². The Labute approximate surface area is 189 Å². The minimum atomic E-state index is -0.845. The van der Waals surface area contributed by atoms with E-state index in [0.717, 1.165) is 35.7 Å². The van der Waals surface area contributed by atoms with Gasteiger partial charge in [-0.15, -0.1) is 0 Å². The number of fused-ring (bicyclic) bond motifs is 1. The highest BCUT2D eigenvalue weighted by Gasteiger charge is 2.38. The van der Waals surface area contributed by atoms with Gasteiger partial charge in [-0.25, -0.2) is 9.97 Å². The average molecular weight is 437 g/mol. The summed E-state index contributed by atoms with van der Waals surface area (Å²) < 4.78 is 5.37. The molecule has 4 rings (SSSR count). The number of nitrogens with zero attached hydrogens (tertiary/aromatic N) is 4. The number of carbonyl (C=O) groups is 2. The molecule has 7 nitrogen and oxygen atoms in total. The monoisotopic (exact) mass is 436 g/mol. The number of carbonyl (C=O) groups excluding carboxylic acids is 2. The molecule has 1 saturated heterocycles. The van der Waals surface area contributed by atoms with E-state index in [4.69, 9.17) is 14.7 Å². The van der Waals surface area contributed by atoms with Crippen LogP contribution in [0.1, 0.15) is 55.3 Å². The van der Waals surface area contributed by atoms with Crippen LogP contribution >= 0.6 is 0 Å². The van der Waals surface area contributed by atoms with Gasteiger partial charge in [-0.1, -0.05) is 30.3 Å². The largest absolute Gasteiger partial charge is 0.369 e. The van der Waals surface area contributed by atoms with Crippen LogP contribution in [-0.2, 0) is 27.2 Å². The van der Waals surface area contributed by atoms with Gasteiger partial charge in [0.2, 0.25) is 5.91 Å². The van der Waals surface area contributed by atoms with Crippen LogP contribution in [0.4, 0.5) is 5.82 Å². The fourth-order valence-corrected chi connectivity index (χ4v) is 4.53. The Morgan fingerprint density at radius 3 is 2.66 bits per heavy atom. The number of anilines is 1. The van der Waals surface area contributed by atoms with Gasteiger partial charge in [-0.3, -0.25) is 14.5 Å². The fourth-order valence-electron chi connectivity index (χ4n) is 4.53. The van der Waals surface area contributed by atoms with Gasteiger partial charge < -0.3 is 9.64 Å². The Morgan fingerprint density at radius 2 is 1.94 bits per heavy atom. The molecular formula is C25H32N4O3. The molecule has 3 heterocycles. The number of amides is 2. The van der Waals surface area contributed by atoms with Crippen molar-refractivity contribution in [2.45, 2.75) is 58.0 Å². The molecule has 1 aromatic carbocycles. The van der Waals surface area contributed by atoms with Crippen LogP contribution in [0.25, 0.3) is 0 Å². The summed E-state index contributed by atoms with van der Waals surface area (Å²) in [5, 5.41) is 0. The van der Waals surface area contributed by atoms with Gasteiger partial charge in [0, 0.05) is 50.3 Å². The van der Waals surface area contributed by atoms with Crippen molar-refractivity contribution in [3.05, 3.63) is 53.0 Å². The lowest BCUT2D eigenvalue weighted by atomic mass is 10.0. The highest BCUT2D eigenvalue weighted by atomic mass is 16.5. The lowest BCUT2D eigenvalue weighted by molar-refractivity contribution is -0.149. The Hall–Kier alpha value is -2.80. The second kappa shape index (κ2) is 8.98. The zero-order valence-corrected chi connectivity index (χ0v) is 19.4. The van der Waals surface area contributed by atoms with E-state index in [1.165, 1.54) is 5.56 Å². The van der Waals surface area contributed by atoms with Gasteiger partial charge >= 0.3 is 0 Å².